The minimum Gasteiger partial charge on any atom is -0.457 e. The molecule has 1 aromatic carbocycles. The van der Waals surface area contributed by atoms with Gasteiger partial charge in [0.25, 0.3) is 0 Å². The van der Waals surface area contributed by atoms with Crippen LogP contribution < -0.4 is 9.47 Å². The number of esters is 1. The summed E-state index contributed by atoms with van der Waals surface area (Å²) in [6.45, 7) is 0. The maximum absolute atomic E-state index is 12.4. The Morgan fingerprint density at radius 1 is 1.12 bits per heavy atom. The Balaban J connectivity index is 1.57. The predicted octanol–water partition coefficient (Wildman–Crippen LogP) is 3.51. The van der Waals surface area contributed by atoms with Gasteiger partial charge in [-0.1, -0.05) is 0 Å². The molecule has 0 aliphatic carbocycles. The van der Waals surface area contributed by atoms with E-state index >= 15 is 0 Å². The molecule has 6 heteroatoms. The number of carbonyl (C=O) groups is 2. The van der Waals surface area contributed by atoms with Crippen LogP contribution >= 0.6 is 0 Å². The van der Waals surface area contributed by atoms with Crippen molar-refractivity contribution in [2.24, 2.45) is 0 Å². The zero-order valence-electron chi connectivity index (χ0n) is 12.8. The standard InChI is InChI=1S/C19H11NO5/c21-18-14-4-3-13(24-19(22)15-2-1-9-23-15)11-16(14)25-17(18)10-12-5-7-20-8-6-12/h1-11H/b17-10-. The molecule has 6 nitrogen and oxygen atoms in total. The van der Waals surface area contributed by atoms with E-state index in [1.165, 1.54) is 24.5 Å². The Hall–Kier alpha value is -3.67. The van der Waals surface area contributed by atoms with Crippen molar-refractivity contribution in [2.45, 2.75) is 0 Å². The number of ketones is 1. The quantitative estimate of drug-likeness (QED) is 0.415. The highest BCUT2D eigenvalue weighted by Gasteiger charge is 2.28. The number of ether oxygens (including phenoxy) is 2. The third-order valence-electron chi connectivity index (χ3n) is 3.58. The highest BCUT2D eigenvalue weighted by atomic mass is 16.5. The van der Waals surface area contributed by atoms with Crippen LogP contribution in [0, 0.1) is 0 Å². The van der Waals surface area contributed by atoms with E-state index in [1.54, 1.807) is 42.7 Å². The summed E-state index contributed by atoms with van der Waals surface area (Å²) < 4.78 is 15.8. The van der Waals surface area contributed by atoms with Gasteiger partial charge in [-0.25, -0.2) is 4.79 Å². The first-order valence-corrected chi connectivity index (χ1v) is 7.45. The minimum absolute atomic E-state index is 0.0933. The average molecular weight is 333 g/mol. The summed E-state index contributed by atoms with van der Waals surface area (Å²) in [5.41, 5.74) is 1.22. The second-order valence-corrected chi connectivity index (χ2v) is 5.25. The Morgan fingerprint density at radius 3 is 2.72 bits per heavy atom. The molecule has 2 aromatic heterocycles. The van der Waals surface area contributed by atoms with E-state index in [2.05, 4.69) is 4.98 Å². The van der Waals surface area contributed by atoms with Crippen LogP contribution in [0.25, 0.3) is 6.08 Å². The summed E-state index contributed by atoms with van der Waals surface area (Å²) in [5.74, 6) is 0.0530. The molecule has 0 unspecified atom stereocenters. The van der Waals surface area contributed by atoms with E-state index in [4.69, 9.17) is 13.9 Å². The monoisotopic (exact) mass is 333 g/mol. The van der Waals surface area contributed by atoms with Crippen molar-refractivity contribution in [2.75, 3.05) is 0 Å². The smallest absolute Gasteiger partial charge is 0.379 e. The van der Waals surface area contributed by atoms with E-state index in [-0.39, 0.29) is 23.1 Å². The molecule has 25 heavy (non-hydrogen) atoms. The van der Waals surface area contributed by atoms with Gasteiger partial charge < -0.3 is 13.9 Å². The maximum Gasteiger partial charge on any atom is 0.379 e. The number of furan rings is 1. The Bertz CT molecular complexity index is 974. The van der Waals surface area contributed by atoms with Crippen molar-refractivity contribution in [3.05, 3.63) is 83.8 Å². The van der Waals surface area contributed by atoms with Crippen LogP contribution in [0.1, 0.15) is 26.5 Å². The summed E-state index contributed by atoms with van der Waals surface area (Å²) >= 11 is 0. The molecule has 0 bridgehead atoms. The summed E-state index contributed by atoms with van der Waals surface area (Å²) in [6, 6.07) is 11.2. The number of aromatic nitrogens is 1. The summed E-state index contributed by atoms with van der Waals surface area (Å²) in [5, 5.41) is 0. The molecule has 0 radical (unpaired) electrons. The SMILES string of the molecule is O=C(Oc1ccc2c(c1)O/C(=C\c1ccncc1)C2=O)c1ccco1. The van der Waals surface area contributed by atoms with Crippen molar-refractivity contribution in [3.63, 3.8) is 0 Å². The van der Waals surface area contributed by atoms with Crippen LogP contribution in [0.4, 0.5) is 0 Å². The first-order chi connectivity index (χ1) is 12.2. The second-order valence-electron chi connectivity index (χ2n) is 5.25. The van der Waals surface area contributed by atoms with Gasteiger partial charge in [0.2, 0.25) is 11.5 Å². The zero-order valence-corrected chi connectivity index (χ0v) is 12.8. The lowest BCUT2D eigenvalue weighted by atomic mass is 10.1. The molecule has 4 rings (SSSR count). The van der Waals surface area contributed by atoms with E-state index in [9.17, 15) is 9.59 Å². The molecule has 0 fully saturated rings. The number of hydrogen-bond acceptors (Lipinski definition) is 6. The van der Waals surface area contributed by atoms with Gasteiger partial charge in [0.05, 0.1) is 11.8 Å². The van der Waals surface area contributed by atoms with Gasteiger partial charge in [-0.05, 0) is 48.0 Å². The highest BCUT2D eigenvalue weighted by Crippen LogP contribution is 2.35. The second kappa shape index (κ2) is 6.09. The van der Waals surface area contributed by atoms with E-state index in [0.29, 0.717) is 11.3 Å². The molecule has 3 aromatic rings. The van der Waals surface area contributed by atoms with Gasteiger partial charge in [0.1, 0.15) is 11.5 Å². The van der Waals surface area contributed by atoms with E-state index < -0.39 is 5.97 Å². The molecule has 3 heterocycles. The van der Waals surface area contributed by atoms with Gasteiger partial charge in [0, 0.05) is 18.5 Å². The molecule has 1 aliphatic heterocycles. The fourth-order valence-corrected chi connectivity index (χ4v) is 2.39. The predicted molar refractivity (Wildman–Crippen MR) is 87.3 cm³/mol. The van der Waals surface area contributed by atoms with Gasteiger partial charge in [-0.15, -0.1) is 0 Å². The largest absolute Gasteiger partial charge is 0.457 e. The Kier molecular flexibility index (Phi) is 3.63. The van der Waals surface area contributed by atoms with Crippen molar-refractivity contribution in [1.82, 2.24) is 4.98 Å². The molecule has 0 atom stereocenters. The lowest BCUT2D eigenvalue weighted by molar-refractivity contribution is 0.0701. The van der Waals surface area contributed by atoms with Gasteiger partial charge in [-0.3, -0.25) is 9.78 Å². The number of rotatable bonds is 3. The highest BCUT2D eigenvalue weighted by molar-refractivity contribution is 6.14. The van der Waals surface area contributed by atoms with E-state index in [0.717, 1.165) is 5.56 Å². The summed E-state index contributed by atoms with van der Waals surface area (Å²) in [6.07, 6.45) is 6.28. The van der Waals surface area contributed by atoms with Crippen molar-refractivity contribution >= 4 is 17.8 Å². The molecular weight excluding hydrogens is 322 g/mol. The zero-order chi connectivity index (χ0) is 17.2. The number of carbonyl (C=O) groups excluding carboxylic acids is 2. The van der Waals surface area contributed by atoms with Crippen molar-refractivity contribution in [1.29, 1.82) is 0 Å². The van der Waals surface area contributed by atoms with E-state index in [1.807, 2.05) is 0 Å². The number of hydrogen-bond donors (Lipinski definition) is 0. The van der Waals surface area contributed by atoms with Crippen LogP contribution in [-0.2, 0) is 0 Å². The van der Waals surface area contributed by atoms with Crippen LogP contribution in [0.5, 0.6) is 11.5 Å². The Morgan fingerprint density at radius 2 is 1.96 bits per heavy atom. The normalized spacial score (nSPS) is 14.2. The average Bonchev–Trinajstić information content (AvgIpc) is 3.25. The fraction of sp³-hybridized carbons (Fsp3) is 0. The maximum atomic E-state index is 12.4. The first kappa shape index (κ1) is 14.9. The molecular formula is C19H11NO5. The number of allylic oxidation sites excluding steroid dienone is 1. The van der Waals surface area contributed by atoms with Crippen molar-refractivity contribution in [3.8, 4) is 11.5 Å². The number of benzene rings is 1. The third-order valence-corrected chi connectivity index (χ3v) is 3.58. The minimum atomic E-state index is -0.623. The van der Waals surface area contributed by atoms with Crippen LogP contribution in [0.3, 0.4) is 0 Å². The number of nitrogens with zero attached hydrogens (tertiary/aromatic N) is 1. The van der Waals surface area contributed by atoms with Crippen molar-refractivity contribution < 1.29 is 23.5 Å². The summed E-state index contributed by atoms with van der Waals surface area (Å²) in [7, 11) is 0. The molecule has 0 N–H and O–H groups in total. The van der Waals surface area contributed by atoms with Gasteiger partial charge in [-0.2, -0.15) is 0 Å². The molecule has 1 aliphatic rings. The molecule has 122 valence electrons. The molecule has 0 saturated carbocycles. The molecule has 0 amide bonds. The summed E-state index contributed by atoms with van der Waals surface area (Å²) in [4.78, 5) is 28.2. The van der Waals surface area contributed by atoms with Crippen LogP contribution in [0.2, 0.25) is 0 Å². The number of fused-ring (bicyclic) bond motifs is 1. The number of Topliss-reactive ketones (excluding diaryl/α,β-unsaturated/α-hetero) is 1. The molecule has 0 saturated heterocycles. The third kappa shape index (κ3) is 2.92. The number of pyridine rings is 1. The van der Waals surface area contributed by atoms with Gasteiger partial charge in [0.15, 0.2) is 5.76 Å². The van der Waals surface area contributed by atoms with Gasteiger partial charge >= 0.3 is 5.97 Å². The topological polar surface area (TPSA) is 78.6 Å². The lowest BCUT2D eigenvalue weighted by Gasteiger charge is -2.04. The first-order valence-electron chi connectivity index (χ1n) is 7.45. The van der Waals surface area contributed by atoms with Crippen LogP contribution in [-0.4, -0.2) is 16.7 Å². The molecule has 0 spiro atoms. The Labute approximate surface area is 142 Å². The fourth-order valence-electron chi connectivity index (χ4n) is 2.39. The lowest BCUT2D eigenvalue weighted by Crippen LogP contribution is -2.07. The van der Waals surface area contributed by atoms with Crippen LogP contribution in [0.15, 0.2) is 71.3 Å².